The molecule has 1 N–H and O–H groups in total. The van der Waals surface area contributed by atoms with Gasteiger partial charge in [0.15, 0.2) is 0 Å². The van der Waals surface area contributed by atoms with E-state index >= 15 is 0 Å². The molecule has 0 atom stereocenters. The predicted octanol–water partition coefficient (Wildman–Crippen LogP) is 3.35. The lowest BCUT2D eigenvalue weighted by atomic mass is 9.83. The van der Waals surface area contributed by atoms with Crippen LogP contribution in [0.25, 0.3) is 0 Å². The molecule has 0 heterocycles. The Morgan fingerprint density at radius 3 is 2.88 bits per heavy atom. The Kier molecular flexibility index (Phi) is 4.43. The largest absolute Gasteiger partial charge is 0.352 e. The second kappa shape index (κ2) is 6.06. The van der Waals surface area contributed by atoms with Crippen LogP contribution in [0.5, 0.6) is 0 Å². The van der Waals surface area contributed by atoms with Gasteiger partial charge in [0, 0.05) is 18.0 Å². The highest BCUT2D eigenvalue weighted by atomic mass is 35.5. The summed E-state index contributed by atoms with van der Waals surface area (Å²) >= 11 is 5.74. The van der Waals surface area contributed by atoms with Gasteiger partial charge in [-0.25, -0.2) is 0 Å². The normalized spacial score (nSPS) is 15.4. The van der Waals surface area contributed by atoms with E-state index in [0.29, 0.717) is 11.4 Å². The summed E-state index contributed by atoms with van der Waals surface area (Å²) in [5.74, 6) is 1.30. The third-order valence-corrected chi connectivity index (χ3v) is 3.71. The van der Waals surface area contributed by atoms with Crippen LogP contribution in [0, 0.1) is 5.92 Å². The first-order valence-electron chi connectivity index (χ1n) is 6.22. The van der Waals surface area contributed by atoms with Crippen molar-refractivity contribution in [1.29, 1.82) is 0 Å². The molecule has 2 nitrogen and oxygen atoms in total. The van der Waals surface area contributed by atoms with Gasteiger partial charge in [-0.3, -0.25) is 4.79 Å². The zero-order chi connectivity index (χ0) is 12.1. The zero-order valence-electron chi connectivity index (χ0n) is 9.92. The van der Waals surface area contributed by atoms with Gasteiger partial charge in [0.25, 0.3) is 5.91 Å². The molecule has 1 fully saturated rings. The van der Waals surface area contributed by atoms with Crippen molar-refractivity contribution in [3.05, 3.63) is 35.4 Å². The van der Waals surface area contributed by atoms with E-state index in [4.69, 9.17) is 11.6 Å². The van der Waals surface area contributed by atoms with Crippen molar-refractivity contribution < 1.29 is 4.79 Å². The molecule has 0 spiro atoms. The fourth-order valence-corrected chi connectivity index (χ4v) is 2.24. The molecule has 1 aromatic carbocycles. The number of carbonyl (C=O) groups is 1. The fourth-order valence-electron chi connectivity index (χ4n) is 2.07. The summed E-state index contributed by atoms with van der Waals surface area (Å²) in [5, 5.41) is 2.97. The van der Waals surface area contributed by atoms with Crippen molar-refractivity contribution in [3.8, 4) is 0 Å². The number of hydrogen-bond acceptors (Lipinski definition) is 1. The highest BCUT2D eigenvalue weighted by Gasteiger charge is 2.17. The van der Waals surface area contributed by atoms with E-state index in [1.807, 2.05) is 24.3 Å². The van der Waals surface area contributed by atoms with E-state index in [1.54, 1.807) is 0 Å². The van der Waals surface area contributed by atoms with Crippen molar-refractivity contribution in [2.24, 2.45) is 5.92 Å². The third-order valence-electron chi connectivity index (χ3n) is 3.41. The lowest BCUT2D eigenvalue weighted by Gasteiger charge is -2.25. The number of carbonyl (C=O) groups excluding carboxylic acids is 1. The summed E-state index contributed by atoms with van der Waals surface area (Å²) in [5.41, 5.74) is 1.69. The van der Waals surface area contributed by atoms with E-state index < -0.39 is 0 Å². The number of benzene rings is 1. The first-order valence-corrected chi connectivity index (χ1v) is 6.76. The van der Waals surface area contributed by atoms with Gasteiger partial charge in [-0.05, 0) is 30.0 Å². The monoisotopic (exact) mass is 251 g/mol. The van der Waals surface area contributed by atoms with Gasteiger partial charge < -0.3 is 5.32 Å². The van der Waals surface area contributed by atoms with Crippen LogP contribution < -0.4 is 5.32 Å². The molecule has 3 heteroatoms. The van der Waals surface area contributed by atoms with Gasteiger partial charge >= 0.3 is 0 Å². The number of rotatable bonds is 5. The number of halogens is 1. The molecule has 92 valence electrons. The molecule has 0 radical (unpaired) electrons. The van der Waals surface area contributed by atoms with Crippen LogP contribution in [0.2, 0.25) is 0 Å². The Morgan fingerprint density at radius 1 is 1.41 bits per heavy atom. The average Bonchev–Trinajstić information content (AvgIpc) is 2.32. The molecule has 1 aromatic rings. The molecule has 0 aromatic heterocycles. The van der Waals surface area contributed by atoms with Crippen LogP contribution in [0.4, 0.5) is 0 Å². The highest BCUT2D eigenvalue weighted by Crippen LogP contribution is 2.28. The molecule has 0 bridgehead atoms. The molecule has 0 unspecified atom stereocenters. The Labute approximate surface area is 107 Å². The van der Waals surface area contributed by atoms with Crippen LogP contribution in [-0.4, -0.2) is 12.5 Å². The number of amides is 1. The maximum Gasteiger partial charge on any atom is 0.251 e. The number of nitrogens with one attached hydrogen (secondary N) is 1. The van der Waals surface area contributed by atoms with Gasteiger partial charge in [0.05, 0.1) is 0 Å². The fraction of sp³-hybridized carbons (Fsp3) is 0.500. The van der Waals surface area contributed by atoms with E-state index in [9.17, 15) is 4.79 Å². The summed E-state index contributed by atoms with van der Waals surface area (Å²) in [6.45, 7) is 0.786. The summed E-state index contributed by atoms with van der Waals surface area (Å²) < 4.78 is 0. The lowest BCUT2D eigenvalue weighted by Crippen LogP contribution is -2.27. The van der Waals surface area contributed by atoms with E-state index in [1.165, 1.54) is 19.3 Å². The number of hydrogen-bond donors (Lipinski definition) is 1. The standard InChI is InChI=1S/C14H18ClNO/c15-10-12-5-2-6-13(9-12)14(17)16-8-7-11-3-1-4-11/h2,5-6,9,11H,1,3-4,7-8,10H2,(H,16,17). The van der Waals surface area contributed by atoms with Crippen molar-refractivity contribution in [3.63, 3.8) is 0 Å². The maximum absolute atomic E-state index is 11.8. The van der Waals surface area contributed by atoms with Crippen LogP contribution in [0.15, 0.2) is 24.3 Å². The molecule has 17 heavy (non-hydrogen) atoms. The summed E-state index contributed by atoms with van der Waals surface area (Å²) in [4.78, 5) is 11.8. The molecule has 1 amide bonds. The molecule has 1 aliphatic carbocycles. The summed E-state index contributed by atoms with van der Waals surface area (Å²) in [6.07, 6.45) is 5.13. The minimum absolute atomic E-state index is 0.0105. The van der Waals surface area contributed by atoms with Crippen molar-refractivity contribution in [2.75, 3.05) is 6.54 Å². The van der Waals surface area contributed by atoms with Gasteiger partial charge in [-0.2, -0.15) is 0 Å². The third kappa shape index (κ3) is 3.47. The van der Waals surface area contributed by atoms with Crippen LogP contribution >= 0.6 is 11.6 Å². The molecule has 1 saturated carbocycles. The minimum atomic E-state index is 0.0105. The number of alkyl halides is 1. The van der Waals surface area contributed by atoms with Gasteiger partial charge in [-0.1, -0.05) is 31.4 Å². The van der Waals surface area contributed by atoms with Crippen LogP contribution in [0.3, 0.4) is 0 Å². The molecule has 1 aliphatic rings. The Bertz CT molecular complexity index is 388. The van der Waals surface area contributed by atoms with Crippen LogP contribution in [-0.2, 0) is 5.88 Å². The maximum atomic E-state index is 11.8. The molecular formula is C14H18ClNO. The molecule has 0 saturated heterocycles. The second-order valence-electron chi connectivity index (χ2n) is 4.68. The van der Waals surface area contributed by atoms with E-state index in [0.717, 1.165) is 24.4 Å². The first kappa shape index (κ1) is 12.4. The van der Waals surface area contributed by atoms with E-state index in [-0.39, 0.29) is 5.91 Å². The topological polar surface area (TPSA) is 29.1 Å². The molecule has 2 rings (SSSR count). The first-order chi connectivity index (χ1) is 8.29. The second-order valence-corrected chi connectivity index (χ2v) is 4.94. The average molecular weight is 252 g/mol. The zero-order valence-corrected chi connectivity index (χ0v) is 10.7. The van der Waals surface area contributed by atoms with Crippen molar-refractivity contribution in [2.45, 2.75) is 31.6 Å². The highest BCUT2D eigenvalue weighted by molar-refractivity contribution is 6.17. The van der Waals surface area contributed by atoms with Crippen molar-refractivity contribution >= 4 is 17.5 Å². The predicted molar refractivity (Wildman–Crippen MR) is 70.3 cm³/mol. The Balaban J connectivity index is 1.81. The molecule has 0 aliphatic heterocycles. The van der Waals surface area contributed by atoms with Gasteiger partial charge in [0.2, 0.25) is 0 Å². The van der Waals surface area contributed by atoms with Crippen molar-refractivity contribution in [1.82, 2.24) is 5.32 Å². The lowest BCUT2D eigenvalue weighted by molar-refractivity contribution is 0.0949. The minimum Gasteiger partial charge on any atom is -0.352 e. The Morgan fingerprint density at radius 2 is 2.24 bits per heavy atom. The van der Waals surface area contributed by atoms with Gasteiger partial charge in [0.1, 0.15) is 0 Å². The van der Waals surface area contributed by atoms with Gasteiger partial charge in [-0.15, -0.1) is 11.6 Å². The van der Waals surface area contributed by atoms with Crippen LogP contribution in [0.1, 0.15) is 41.6 Å². The molecular weight excluding hydrogens is 234 g/mol. The summed E-state index contributed by atoms with van der Waals surface area (Å²) in [6, 6.07) is 7.48. The SMILES string of the molecule is O=C(NCCC1CCC1)c1cccc(CCl)c1. The smallest absolute Gasteiger partial charge is 0.251 e. The Hall–Kier alpha value is -1.02. The summed E-state index contributed by atoms with van der Waals surface area (Å²) in [7, 11) is 0. The quantitative estimate of drug-likeness (QED) is 0.799. The van der Waals surface area contributed by atoms with E-state index in [2.05, 4.69) is 5.32 Å².